The van der Waals surface area contributed by atoms with Crippen LogP contribution in [0.2, 0.25) is 0 Å². The number of amides is 1. The molecule has 0 bridgehead atoms. The summed E-state index contributed by atoms with van der Waals surface area (Å²) in [5.74, 6) is 3.13. The molecular formula is C20H34N6O2. The lowest BCUT2D eigenvalue weighted by molar-refractivity contribution is -0.134. The summed E-state index contributed by atoms with van der Waals surface area (Å²) < 4.78 is 5.27. The lowest BCUT2D eigenvalue weighted by atomic mass is 10.1. The monoisotopic (exact) mass is 390 g/mol. The molecule has 3 rings (SSSR count). The summed E-state index contributed by atoms with van der Waals surface area (Å²) in [6.07, 6.45) is 7.13. The average Bonchev–Trinajstić information content (AvgIpc) is 3.45. The second kappa shape index (κ2) is 9.89. The minimum atomic E-state index is 0.261. The molecule has 1 saturated heterocycles. The normalized spacial score (nSPS) is 20.9. The van der Waals surface area contributed by atoms with E-state index in [0.29, 0.717) is 11.8 Å². The molecule has 156 valence electrons. The smallest absolute Gasteiger partial charge is 0.226 e. The summed E-state index contributed by atoms with van der Waals surface area (Å²) in [6, 6.07) is 0.265. The van der Waals surface area contributed by atoms with Gasteiger partial charge in [-0.1, -0.05) is 31.8 Å². The second-order valence-electron chi connectivity index (χ2n) is 8.20. The van der Waals surface area contributed by atoms with Gasteiger partial charge in [-0.25, -0.2) is 0 Å². The molecule has 2 heterocycles. The number of nitrogens with one attached hydrogen (secondary N) is 2. The van der Waals surface area contributed by atoms with Gasteiger partial charge in [-0.3, -0.25) is 9.79 Å². The van der Waals surface area contributed by atoms with Crippen LogP contribution >= 0.6 is 0 Å². The van der Waals surface area contributed by atoms with Crippen molar-refractivity contribution < 1.29 is 9.32 Å². The highest BCUT2D eigenvalue weighted by Crippen LogP contribution is 2.27. The molecule has 1 aromatic rings. The number of nitrogens with zero attached hydrogens (tertiary/aromatic N) is 4. The number of carbonyl (C=O) groups is 1. The predicted molar refractivity (Wildman–Crippen MR) is 108 cm³/mol. The highest BCUT2D eigenvalue weighted by molar-refractivity contribution is 5.81. The third-order valence-corrected chi connectivity index (χ3v) is 5.63. The van der Waals surface area contributed by atoms with Gasteiger partial charge in [-0.15, -0.1) is 0 Å². The van der Waals surface area contributed by atoms with E-state index in [-0.39, 0.29) is 17.9 Å². The van der Waals surface area contributed by atoms with E-state index in [2.05, 4.69) is 39.6 Å². The number of hydrogen-bond acceptors (Lipinski definition) is 5. The van der Waals surface area contributed by atoms with E-state index < -0.39 is 0 Å². The van der Waals surface area contributed by atoms with Crippen LogP contribution in [-0.2, 0) is 11.2 Å². The van der Waals surface area contributed by atoms with Crippen molar-refractivity contribution in [1.82, 2.24) is 25.7 Å². The summed E-state index contributed by atoms with van der Waals surface area (Å²) in [4.78, 5) is 23.3. The maximum Gasteiger partial charge on any atom is 0.226 e. The first-order valence-electron chi connectivity index (χ1n) is 10.6. The largest absolute Gasteiger partial charge is 0.356 e. The molecule has 1 unspecified atom stereocenters. The minimum Gasteiger partial charge on any atom is -0.356 e. The Hall–Kier alpha value is -2.12. The van der Waals surface area contributed by atoms with Crippen LogP contribution in [0.4, 0.5) is 0 Å². The first-order chi connectivity index (χ1) is 13.6. The molecule has 0 spiro atoms. The van der Waals surface area contributed by atoms with Crippen molar-refractivity contribution in [2.24, 2.45) is 10.9 Å². The summed E-state index contributed by atoms with van der Waals surface area (Å²) in [6.45, 7) is 6.50. The average molecular weight is 391 g/mol. The number of hydrogen-bond donors (Lipinski definition) is 2. The molecule has 8 heteroatoms. The van der Waals surface area contributed by atoms with Crippen LogP contribution in [0.3, 0.4) is 0 Å². The molecule has 2 fully saturated rings. The summed E-state index contributed by atoms with van der Waals surface area (Å²) in [5, 5.41) is 10.8. The second-order valence-corrected chi connectivity index (χ2v) is 8.20. The molecule has 0 aromatic carbocycles. The van der Waals surface area contributed by atoms with Crippen LogP contribution in [0.1, 0.15) is 70.0 Å². The quantitative estimate of drug-likeness (QED) is 0.420. The van der Waals surface area contributed by atoms with Crippen LogP contribution in [0, 0.1) is 5.92 Å². The van der Waals surface area contributed by atoms with Gasteiger partial charge < -0.3 is 20.1 Å². The van der Waals surface area contributed by atoms with Crippen molar-refractivity contribution in [2.45, 2.75) is 70.8 Å². The van der Waals surface area contributed by atoms with E-state index >= 15 is 0 Å². The SMILES string of the molecule is CN=C(NCCCc1nc(C(C)C)no1)NC1CCN(C(=O)C2CCCC2)C1. The van der Waals surface area contributed by atoms with Crippen molar-refractivity contribution in [3.05, 3.63) is 11.7 Å². The Bertz CT molecular complexity index is 665. The zero-order valence-corrected chi connectivity index (χ0v) is 17.4. The first-order valence-corrected chi connectivity index (χ1v) is 10.6. The van der Waals surface area contributed by atoms with Gasteiger partial charge in [0, 0.05) is 51.0 Å². The highest BCUT2D eigenvalue weighted by Gasteiger charge is 2.32. The molecule has 1 saturated carbocycles. The maximum absolute atomic E-state index is 12.6. The molecule has 1 amide bonds. The molecule has 2 aliphatic rings. The molecule has 1 aliphatic carbocycles. The van der Waals surface area contributed by atoms with E-state index in [0.717, 1.165) is 63.5 Å². The Morgan fingerprint density at radius 2 is 2.11 bits per heavy atom. The Labute approximate surface area is 167 Å². The molecule has 2 N–H and O–H groups in total. The van der Waals surface area contributed by atoms with Gasteiger partial charge in [0.1, 0.15) is 0 Å². The van der Waals surface area contributed by atoms with Gasteiger partial charge in [0.05, 0.1) is 0 Å². The highest BCUT2D eigenvalue weighted by atomic mass is 16.5. The third kappa shape index (κ3) is 5.45. The molecule has 0 radical (unpaired) electrons. The predicted octanol–water partition coefficient (Wildman–Crippen LogP) is 2.08. The third-order valence-electron chi connectivity index (χ3n) is 5.63. The molecule has 1 atom stereocenters. The van der Waals surface area contributed by atoms with Crippen LogP contribution in [0.5, 0.6) is 0 Å². The van der Waals surface area contributed by atoms with E-state index in [1.54, 1.807) is 7.05 Å². The van der Waals surface area contributed by atoms with Gasteiger partial charge in [-0.2, -0.15) is 4.98 Å². The Kier molecular flexibility index (Phi) is 7.28. The number of likely N-dealkylation sites (tertiary alicyclic amines) is 1. The Balaban J connectivity index is 1.35. The molecular weight excluding hydrogens is 356 g/mol. The van der Waals surface area contributed by atoms with Crippen molar-refractivity contribution >= 4 is 11.9 Å². The number of rotatable bonds is 7. The fraction of sp³-hybridized carbons (Fsp3) is 0.800. The zero-order chi connectivity index (χ0) is 19.9. The van der Waals surface area contributed by atoms with Crippen LogP contribution in [0.15, 0.2) is 9.52 Å². The Morgan fingerprint density at radius 1 is 1.32 bits per heavy atom. The van der Waals surface area contributed by atoms with Crippen molar-refractivity contribution in [3.63, 3.8) is 0 Å². The van der Waals surface area contributed by atoms with Crippen molar-refractivity contribution in [1.29, 1.82) is 0 Å². The molecule has 1 aliphatic heterocycles. The topological polar surface area (TPSA) is 95.7 Å². The maximum atomic E-state index is 12.6. The number of aliphatic imine (C=N–C) groups is 1. The fourth-order valence-corrected chi connectivity index (χ4v) is 3.95. The van der Waals surface area contributed by atoms with E-state index in [4.69, 9.17) is 4.52 Å². The van der Waals surface area contributed by atoms with Crippen LogP contribution < -0.4 is 10.6 Å². The Morgan fingerprint density at radius 3 is 2.79 bits per heavy atom. The lowest BCUT2D eigenvalue weighted by Crippen LogP contribution is -2.45. The van der Waals surface area contributed by atoms with Gasteiger partial charge in [0.25, 0.3) is 0 Å². The molecule has 1 aromatic heterocycles. The number of aromatic nitrogens is 2. The van der Waals surface area contributed by atoms with Gasteiger partial charge in [-0.05, 0) is 25.7 Å². The van der Waals surface area contributed by atoms with Crippen molar-refractivity contribution in [2.75, 3.05) is 26.7 Å². The summed E-state index contributed by atoms with van der Waals surface area (Å²) in [5.41, 5.74) is 0. The number of carbonyl (C=O) groups excluding carboxylic acids is 1. The van der Waals surface area contributed by atoms with E-state index in [9.17, 15) is 4.79 Å². The van der Waals surface area contributed by atoms with Gasteiger partial charge in [0.15, 0.2) is 11.8 Å². The lowest BCUT2D eigenvalue weighted by Gasteiger charge is -2.21. The minimum absolute atomic E-state index is 0.261. The molecule has 8 nitrogen and oxygen atoms in total. The standard InChI is InChI=1S/C20H34N6O2/c1-14(2)18-24-17(28-25-18)9-6-11-22-20(21-3)23-16-10-12-26(13-16)19(27)15-7-4-5-8-15/h14-16H,4-13H2,1-3H3,(H2,21,22,23). The number of guanidine groups is 1. The van der Waals surface area contributed by atoms with Gasteiger partial charge >= 0.3 is 0 Å². The van der Waals surface area contributed by atoms with Crippen LogP contribution in [-0.4, -0.2) is 59.6 Å². The zero-order valence-electron chi connectivity index (χ0n) is 17.4. The van der Waals surface area contributed by atoms with Crippen molar-refractivity contribution in [3.8, 4) is 0 Å². The van der Waals surface area contributed by atoms with Crippen LogP contribution in [0.25, 0.3) is 0 Å². The first kappa shape index (κ1) is 20.6. The van der Waals surface area contributed by atoms with E-state index in [1.807, 2.05) is 4.90 Å². The molecule has 28 heavy (non-hydrogen) atoms. The summed E-state index contributed by atoms with van der Waals surface area (Å²) in [7, 11) is 1.78. The fourth-order valence-electron chi connectivity index (χ4n) is 3.95. The number of aryl methyl sites for hydroxylation is 1. The summed E-state index contributed by atoms with van der Waals surface area (Å²) >= 11 is 0. The van der Waals surface area contributed by atoms with Gasteiger partial charge in [0.2, 0.25) is 11.8 Å². The van der Waals surface area contributed by atoms with E-state index in [1.165, 1.54) is 12.8 Å².